The SMILES string of the molecule is COc1cc(CC(=O)C[C@@H](CC(C)C)c2cc(CCC(=O)O)on2)ccc1NC(=O)Nc1ccccc1C. The second-order valence-corrected chi connectivity index (χ2v) is 9.79. The molecule has 0 bridgehead atoms. The van der Waals surface area contributed by atoms with Crippen LogP contribution in [0, 0.1) is 12.8 Å². The van der Waals surface area contributed by atoms with Gasteiger partial charge < -0.3 is 25.0 Å². The molecule has 0 fully saturated rings. The molecular weight excluding hydrogens is 486 g/mol. The van der Waals surface area contributed by atoms with Crippen LogP contribution in [0.15, 0.2) is 53.1 Å². The number of hydrogen-bond acceptors (Lipinski definition) is 6. The lowest BCUT2D eigenvalue weighted by molar-refractivity contribution is -0.137. The van der Waals surface area contributed by atoms with E-state index < -0.39 is 12.0 Å². The zero-order valence-electron chi connectivity index (χ0n) is 22.2. The number of nitrogens with one attached hydrogen (secondary N) is 2. The molecule has 1 aromatic heterocycles. The first kappa shape index (κ1) is 28.4. The monoisotopic (exact) mass is 521 g/mol. The van der Waals surface area contributed by atoms with E-state index in [4.69, 9.17) is 14.4 Å². The van der Waals surface area contributed by atoms with Gasteiger partial charge in [0.1, 0.15) is 17.3 Å². The number of aryl methyl sites for hydroxylation is 2. The van der Waals surface area contributed by atoms with Crippen LogP contribution in [-0.2, 0) is 22.4 Å². The third-order valence-corrected chi connectivity index (χ3v) is 6.12. The van der Waals surface area contributed by atoms with E-state index in [0.29, 0.717) is 34.5 Å². The molecule has 9 nitrogen and oxygen atoms in total. The third kappa shape index (κ3) is 8.47. The smallest absolute Gasteiger partial charge is 0.323 e. The molecule has 0 aliphatic heterocycles. The van der Waals surface area contributed by atoms with E-state index >= 15 is 0 Å². The van der Waals surface area contributed by atoms with Crippen molar-refractivity contribution in [3.8, 4) is 5.75 Å². The van der Waals surface area contributed by atoms with E-state index in [1.807, 2.05) is 31.2 Å². The maximum atomic E-state index is 13.0. The molecule has 0 saturated carbocycles. The molecule has 0 radical (unpaired) electrons. The van der Waals surface area contributed by atoms with Gasteiger partial charge in [-0.1, -0.05) is 43.3 Å². The fraction of sp³-hybridized carbons (Fsp3) is 0.379. The maximum Gasteiger partial charge on any atom is 0.323 e. The molecule has 3 aromatic rings. The molecule has 3 rings (SSSR count). The van der Waals surface area contributed by atoms with Crippen LogP contribution in [-0.4, -0.2) is 35.2 Å². The summed E-state index contributed by atoms with van der Waals surface area (Å²) in [4.78, 5) is 36.4. The molecule has 2 aromatic carbocycles. The Labute approximate surface area is 222 Å². The zero-order chi connectivity index (χ0) is 27.7. The predicted molar refractivity (Wildman–Crippen MR) is 145 cm³/mol. The number of ketones is 1. The number of aromatic nitrogens is 1. The Kier molecular flexibility index (Phi) is 10.0. The highest BCUT2D eigenvalue weighted by Crippen LogP contribution is 2.30. The topological polar surface area (TPSA) is 131 Å². The van der Waals surface area contributed by atoms with Crippen molar-refractivity contribution in [2.75, 3.05) is 17.7 Å². The standard InChI is InChI=1S/C29H35N3O6/c1-18(2)13-21(26-17-23(38-32-26)10-12-28(34)35)16-22(33)14-20-9-11-25(27(15-20)37-4)31-29(36)30-24-8-6-5-7-19(24)3/h5-9,11,15,17-18,21H,10,12-14,16H2,1-4H3,(H,34,35)(H2,30,31,36)/t21-/m1/s1. The highest BCUT2D eigenvalue weighted by atomic mass is 16.5. The number of Topliss-reactive ketones (excluding diaryl/α,β-unsaturated/α-hetero) is 1. The number of urea groups is 1. The number of carbonyl (C=O) groups excluding carboxylic acids is 2. The maximum absolute atomic E-state index is 13.0. The van der Waals surface area contributed by atoms with E-state index in [1.165, 1.54) is 7.11 Å². The summed E-state index contributed by atoms with van der Waals surface area (Å²) < 4.78 is 10.8. The molecule has 202 valence electrons. The molecule has 0 spiro atoms. The molecule has 9 heteroatoms. The zero-order valence-corrected chi connectivity index (χ0v) is 22.2. The van der Waals surface area contributed by atoms with E-state index in [0.717, 1.165) is 17.5 Å². The van der Waals surface area contributed by atoms with Crippen molar-refractivity contribution in [3.05, 3.63) is 71.1 Å². The van der Waals surface area contributed by atoms with Crippen LogP contribution in [0.25, 0.3) is 0 Å². The number of anilines is 2. The number of nitrogens with zero attached hydrogens (tertiary/aromatic N) is 1. The van der Waals surface area contributed by atoms with Gasteiger partial charge in [0.25, 0.3) is 0 Å². The summed E-state index contributed by atoms with van der Waals surface area (Å²) in [7, 11) is 1.51. The Bertz CT molecular complexity index is 1270. The first-order valence-electron chi connectivity index (χ1n) is 12.6. The minimum absolute atomic E-state index is 0.0331. The predicted octanol–water partition coefficient (Wildman–Crippen LogP) is 5.98. The van der Waals surface area contributed by atoms with Gasteiger partial charge in [-0.05, 0) is 48.6 Å². The number of benzene rings is 2. The Morgan fingerprint density at radius 2 is 1.79 bits per heavy atom. The number of carbonyl (C=O) groups is 3. The normalized spacial score (nSPS) is 11.7. The fourth-order valence-corrected chi connectivity index (χ4v) is 4.26. The molecule has 0 unspecified atom stereocenters. The number of aliphatic carboxylic acids is 1. The number of para-hydroxylation sites is 1. The van der Waals surface area contributed by atoms with Gasteiger partial charge in [0.2, 0.25) is 0 Å². The van der Waals surface area contributed by atoms with Gasteiger partial charge in [0.05, 0.1) is 24.9 Å². The fourth-order valence-electron chi connectivity index (χ4n) is 4.26. The van der Waals surface area contributed by atoms with Crippen molar-refractivity contribution in [2.24, 2.45) is 5.92 Å². The lowest BCUT2D eigenvalue weighted by Crippen LogP contribution is -2.20. The average molecular weight is 522 g/mol. The van der Waals surface area contributed by atoms with Gasteiger partial charge in [-0.3, -0.25) is 9.59 Å². The molecular formula is C29H35N3O6. The van der Waals surface area contributed by atoms with Gasteiger partial charge in [0.15, 0.2) is 0 Å². The molecule has 1 atom stereocenters. The average Bonchev–Trinajstić information content (AvgIpc) is 3.33. The highest BCUT2D eigenvalue weighted by molar-refractivity contribution is 6.01. The van der Waals surface area contributed by atoms with Gasteiger partial charge in [0, 0.05) is 36.9 Å². The lowest BCUT2D eigenvalue weighted by Gasteiger charge is -2.16. The van der Waals surface area contributed by atoms with Crippen molar-refractivity contribution in [1.82, 2.24) is 5.16 Å². The first-order chi connectivity index (χ1) is 18.1. The van der Waals surface area contributed by atoms with Gasteiger partial charge in [-0.25, -0.2) is 4.79 Å². The molecule has 0 aliphatic rings. The van der Waals surface area contributed by atoms with E-state index in [1.54, 1.807) is 24.3 Å². The number of rotatable bonds is 13. The Hall–Kier alpha value is -4.14. The number of amides is 2. The van der Waals surface area contributed by atoms with Crippen LogP contribution in [0.1, 0.15) is 61.6 Å². The van der Waals surface area contributed by atoms with Crippen LogP contribution in [0.2, 0.25) is 0 Å². The molecule has 0 saturated heterocycles. The summed E-state index contributed by atoms with van der Waals surface area (Å²) in [6, 6.07) is 14.1. The quantitative estimate of drug-likeness (QED) is 0.252. The van der Waals surface area contributed by atoms with Crippen molar-refractivity contribution in [2.45, 2.75) is 58.8 Å². The molecule has 1 heterocycles. The second kappa shape index (κ2) is 13.4. The van der Waals surface area contributed by atoms with Crippen molar-refractivity contribution in [3.63, 3.8) is 0 Å². The van der Waals surface area contributed by atoms with E-state index in [2.05, 4.69) is 29.6 Å². The van der Waals surface area contributed by atoms with E-state index in [9.17, 15) is 14.4 Å². The second-order valence-electron chi connectivity index (χ2n) is 9.79. The number of ether oxygens (including phenoxy) is 1. The summed E-state index contributed by atoms with van der Waals surface area (Å²) in [5, 5.41) is 18.6. The Morgan fingerprint density at radius 1 is 1.05 bits per heavy atom. The number of carboxylic acid groups (broad SMARTS) is 1. The minimum Gasteiger partial charge on any atom is -0.495 e. The Morgan fingerprint density at radius 3 is 2.47 bits per heavy atom. The molecule has 2 amide bonds. The highest BCUT2D eigenvalue weighted by Gasteiger charge is 2.22. The summed E-state index contributed by atoms with van der Waals surface area (Å²) in [5.74, 6) is 0.295. The van der Waals surface area contributed by atoms with Crippen LogP contribution >= 0.6 is 0 Å². The molecule has 38 heavy (non-hydrogen) atoms. The van der Waals surface area contributed by atoms with Crippen molar-refractivity contribution >= 4 is 29.2 Å². The first-order valence-corrected chi connectivity index (χ1v) is 12.6. The van der Waals surface area contributed by atoms with Crippen molar-refractivity contribution < 1.29 is 28.8 Å². The Balaban J connectivity index is 1.64. The summed E-state index contributed by atoms with van der Waals surface area (Å²) in [6.07, 6.45) is 1.45. The van der Waals surface area contributed by atoms with Crippen LogP contribution in [0.3, 0.4) is 0 Å². The number of hydrogen-bond donors (Lipinski definition) is 3. The lowest BCUT2D eigenvalue weighted by atomic mass is 9.88. The summed E-state index contributed by atoms with van der Waals surface area (Å²) in [5.41, 5.74) is 3.58. The largest absolute Gasteiger partial charge is 0.495 e. The molecule has 0 aliphatic carbocycles. The van der Waals surface area contributed by atoms with Crippen LogP contribution in [0.4, 0.5) is 16.2 Å². The third-order valence-electron chi connectivity index (χ3n) is 6.12. The van der Waals surface area contributed by atoms with Crippen LogP contribution in [0.5, 0.6) is 5.75 Å². The number of methoxy groups -OCH3 is 1. The summed E-state index contributed by atoms with van der Waals surface area (Å²) in [6.45, 7) is 6.07. The summed E-state index contributed by atoms with van der Waals surface area (Å²) >= 11 is 0. The van der Waals surface area contributed by atoms with Crippen LogP contribution < -0.4 is 15.4 Å². The van der Waals surface area contributed by atoms with E-state index in [-0.39, 0.29) is 37.4 Å². The van der Waals surface area contributed by atoms with Crippen molar-refractivity contribution in [1.29, 1.82) is 0 Å². The van der Waals surface area contributed by atoms with Gasteiger partial charge in [-0.2, -0.15) is 0 Å². The molecule has 3 N–H and O–H groups in total. The minimum atomic E-state index is -0.902. The number of carboxylic acids is 1. The van der Waals surface area contributed by atoms with Gasteiger partial charge in [-0.15, -0.1) is 0 Å². The van der Waals surface area contributed by atoms with Gasteiger partial charge >= 0.3 is 12.0 Å².